The third kappa shape index (κ3) is 2.08. The first kappa shape index (κ1) is 16.2. The summed E-state index contributed by atoms with van der Waals surface area (Å²) in [6, 6.07) is 12.9. The summed E-state index contributed by atoms with van der Waals surface area (Å²) in [4.78, 5) is 14.3. The summed E-state index contributed by atoms with van der Waals surface area (Å²) in [5.41, 5.74) is 14.0. The molecule has 4 aliphatic rings. The quantitative estimate of drug-likeness (QED) is 0.765. The van der Waals surface area contributed by atoms with Gasteiger partial charge in [-0.3, -0.25) is 9.98 Å². The molecule has 7 rings (SSSR count). The summed E-state index contributed by atoms with van der Waals surface area (Å²) in [5.74, 6) is 0.954. The lowest BCUT2D eigenvalue weighted by atomic mass is 9.42. The maximum absolute atomic E-state index is 5.97. The van der Waals surface area contributed by atoms with Crippen molar-refractivity contribution in [2.45, 2.75) is 44.2 Å². The third-order valence-corrected chi connectivity index (χ3v) is 6.87. The second kappa shape index (κ2) is 5.61. The van der Waals surface area contributed by atoms with Gasteiger partial charge in [-0.25, -0.2) is 4.98 Å². The van der Waals surface area contributed by atoms with Gasteiger partial charge in [-0.05, 0) is 67.3 Å². The largest absolute Gasteiger partial charge is 0.325 e. The highest BCUT2D eigenvalue weighted by molar-refractivity contribution is 6.14. The van der Waals surface area contributed by atoms with E-state index in [9.17, 15) is 0 Å². The molecule has 2 bridgehead atoms. The van der Waals surface area contributed by atoms with Crippen LogP contribution in [0.25, 0.3) is 5.69 Å². The zero-order chi connectivity index (χ0) is 18.9. The van der Waals surface area contributed by atoms with Crippen LogP contribution in [0.4, 0.5) is 0 Å². The van der Waals surface area contributed by atoms with Gasteiger partial charge in [0.05, 0.1) is 40.9 Å². The van der Waals surface area contributed by atoms with Crippen molar-refractivity contribution in [3.63, 3.8) is 0 Å². The van der Waals surface area contributed by atoms with Crippen LogP contribution in [0.15, 0.2) is 53.9 Å². The molecule has 3 fully saturated rings. The second-order valence-electron chi connectivity index (χ2n) is 8.51. The molecule has 5 heteroatoms. The van der Waals surface area contributed by atoms with Crippen molar-refractivity contribution in [3.8, 4) is 5.69 Å². The molecule has 0 spiro atoms. The van der Waals surface area contributed by atoms with E-state index in [1.165, 1.54) is 24.8 Å². The summed E-state index contributed by atoms with van der Waals surface area (Å²) in [6.45, 7) is 2.53. The molecule has 2 aromatic heterocycles. The monoisotopic (exact) mass is 369 g/mol. The number of hydrogen-bond acceptors (Lipinski definition) is 4. The van der Waals surface area contributed by atoms with Gasteiger partial charge in [-0.2, -0.15) is 0 Å². The number of imidazole rings is 1. The highest BCUT2D eigenvalue weighted by atomic mass is 15.1. The van der Waals surface area contributed by atoms with E-state index in [2.05, 4.69) is 39.7 Å². The van der Waals surface area contributed by atoms with E-state index in [1.807, 2.05) is 30.7 Å². The van der Waals surface area contributed by atoms with Crippen LogP contribution >= 0.6 is 0 Å². The summed E-state index contributed by atoms with van der Waals surface area (Å²) in [5, 5.41) is 0. The second-order valence-corrected chi connectivity index (χ2v) is 8.51. The lowest BCUT2D eigenvalue weighted by Crippen LogP contribution is -2.55. The normalized spacial score (nSPS) is 27.0. The number of nitrogens with two attached hydrogens (primary N) is 1. The first-order valence-corrected chi connectivity index (χ1v) is 10.1. The van der Waals surface area contributed by atoms with Crippen molar-refractivity contribution >= 4 is 5.71 Å². The molecule has 0 saturated heterocycles. The van der Waals surface area contributed by atoms with Gasteiger partial charge in [0, 0.05) is 18.3 Å². The zero-order valence-electron chi connectivity index (χ0n) is 16.0. The van der Waals surface area contributed by atoms with E-state index >= 15 is 0 Å². The van der Waals surface area contributed by atoms with Gasteiger partial charge in [0.1, 0.15) is 0 Å². The smallest absolute Gasteiger partial charge is 0.0999 e. The van der Waals surface area contributed by atoms with Crippen molar-refractivity contribution in [1.29, 1.82) is 0 Å². The SMILES string of the molecule is C[C@@H]1N=C(c2ccccn2)c2cc(C34CC(C3)C4)ccc2-n2cnc(CN)c21. The maximum Gasteiger partial charge on any atom is 0.0999 e. The summed E-state index contributed by atoms with van der Waals surface area (Å²) < 4.78 is 2.17. The maximum atomic E-state index is 5.97. The van der Waals surface area contributed by atoms with Crippen LogP contribution < -0.4 is 5.73 Å². The molecule has 2 N–H and O–H groups in total. The van der Waals surface area contributed by atoms with Gasteiger partial charge < -0.3 is 10.3 Å². The van der Waals surface area contributed by atoms with Crippen LogP contribution in [-0.2, 0) is 12.0 Å². The number of aliphatic imine (C=N–C) groups is 1. The molecule has 1 aliphatic heterocycles. The third-order valence-electron chi connectivity index (χ3n) is 6.87. The molecular weight excluding hydrogens is 346 g/mol. The average molecular weight is 369 g/mol. The molecule has 5 nitrogen and oxygen atoms in total. The van der Waals surface area contributed by atoms with Crippen LogP contribution in [0.3, 0.4) is 0 Å². The average Bonchev–Trinajstić information content (AvgIpc) is 3.03. The molecule has 0 amide bonds. The first-order chi connectivity index (χ1) is 13.7. The Labute approximate surface area is 164 Å². The Kier molecular flexibility index (Phi) is 3.24. The molecule has 0 radical (unpaired) electrons. The highest BCUT2D eigenvalue weighted by Gasteiger charge is 2.57. The Hall–Kier alpha value is -2.79. The highest BCUT2D eigenvalue weighted by Crippen LogP contribution is 2.65. The molecule has 1 atom stereocenters. The molecular formula is C23H23N5. The van der Waals surface area contributed by atoms with E-state index in [4.69, 9.17) is 10.7 Å². The minimum Gasteiger partial charge on any atom is -0.325 e. The van der Waals surface area contributed by atoms with Crippen molar-refractivity contribution in [2.75, 3.05) is 0 Å². The lowest BCUT2D eigenvalue weighted by molar-refractivity contribution is -0.0274. The van der Waals surface area contributed by atoms with Gasteiger partial charge in [-0.15, -0.1) is 0 Å². The Morgan fingerprint density at radius 2 is 2.00 bits per heavy atom. The van der Waals surface area contributed by atoms with E-state index in [0.717, 1.165) is 40.0 Å². The lowest BCUT2D eigenvalue weighted by Gasteiger charge is -2.62. The predicted octanol–water partition coefficient (Wildman–Crippen LogP) is 3.69. The molecule has 1 aromatic carbocycles. The summed E-state index contributed by atoms with van der Waals surface area (Å²) in [7, 11) is 0. The molecule has 3 heterocycles. The Balaban J connectivity index is 1.60. The molecule has 3 saturated carbocycles. The number of hydrogen-bond donors (Lipinski definition) is 1. The number of pyridine rings is 1. The predicted molar refractivity (Wildman–Crippen MR) is 109 cm³/mol. The standard InChI is InChI=1S/C23H23N5/c1-14-22-19(12-24)26-13-28(22)20-6-5-16(23-9-15(10-23)11-23)8-17(20)21(27-14)18-4-2-3-7-25-18/h2-8,13-15H,9-12,24H2,1H3/t14-,15?,23?/m0/s1. The fraction of sp³-hybridized carbons (Fsp3) is 0.348. The molecule has 28 heavy (non-hydrogen) atoms. The molecule has 3 aliphatic carbocycles. The summed E-state index contributed by atoms with van der Waals surface area (Å²) >= 11 is 0. The Bertz CT molecular complexity index is 1090. The number of fused-ring (bicyclic) bond motifs is 3. The molecule has 0 unspecified atom stereocenters. The van der Waals surface area contributed by atoms with Gasteiger partial charge >= 0.3 is 0 Å². The van der Waals surface area contributed by atoms with Crippen molar-refractivity contribution < 1.29 is 0 Å². The molecule has 3 aromatic rings. The first-order valence-electron chi connectivity index (χ1n) is 10.1. The Morgan fingerprint density at radius 1 is 1.14 bits per heavy atom. The van der Waals surface area contributed by atoms with Gasteiger partial charge in [0.15, 0.2) is 0 Å². The van der Waals surface area contributed by atoms with Crippen molar-refractivity contribution in [3.05, 3.63) is 77.1 Å². The number of aromatic nitrogens is 3. The molecule has 140 valence electrons. The van der Waals surface area contributed by atoms with Gasteiger partial charge in [0.2, 0.25) is 0 Å². The van der Waals surface area contributed by atoms with E-state index in [-0.39, 0.29) is 6.04 Å². The minimum absolute atomic E-state index is 0.0381. The zero-order valence-corrected chi connectivity index (χ0v) is 16.0. The summed E-state index contributed by atoms with van der Waals surface area (Å²) in [6.07, 6.45) is 7.75. The van der Waals surface area contributed by atoms with Crippen LogP contribution in [0, 0.1) is 5.92 Å². The van der Waals surface area contributed by atoms with Crippen molar-refractivity contribution in [2.24, 2.45) is 16.6 Å². The van der Waals surface area contributed by atoms with Crippen LogP contribution in [-0.4, -0.2) is 20.2 Å². The Morgan fingerprint density at radius 3 is 2.68 bits per heavy atom. The van der Waals surface area contributed by atoms with E-state index in [0.29, 0.717) is 12.0 Å². The van der Waals surface area contributed by atoms with Crippen molar-refractivity contribution in [1.82, 2.24) is 14.5 Å². The van der Waals surface area contributed by atoms with Gasteiger partial charge in [-0.1, -0.05) is 12.1 Å². The van der Waals surface area contributed by atoms with E-state index < -0.39 is 0 Å². The number of rotatable bonds is 3. The topological polar surface area (TPSA) is 69.1 Å². The van der Waals surface area contributed by atoms with Crippen LogP contribution in [0.1, 0.15) is 60.4 Å². The van der Waals surface area contributed by atoms with Gasteiger partial charge in [0.25, 0.3) is 0 Å². The fourth-order valence-corrected chi connectivity index (χ4v) is 5.32. The van der Waals surface area contributed by atoms with Crippen LogP contribution in [0.2, 0.25) is 0 Å². The number of benzene rings is 1. The minimum atomic E-state index is -0.0381. The number of nitrogens with zero attached hydrogens (tertiary/aromatic N) is 4. The van der Waals surface area contributed by atoms with E-state index in [1.54, 1.807) is 0 Å². The van der Waals surface area contributed by atoms with Crippen LogP contribution in [0.5, 0.6) is 0 Å². The fourth-order valence-electron chi connectivity index (χ4n) is 5.32.